The summed E-state index contributed by atoms with van der Waals surface area (Å²) in [6.45, 7) is 0. The summed E-state index contributed by atoms with van der Waals surface area (Å²) in [5.41, 5.74) is 6.46. The Bertz CT molecular complexity index is 2690. The molecule has 0 fully saturated rings. The van der Waals surface area contributed by atoms with Crippen molar-refractivity contribution in [2.24, 2.45) is 0 Å². The SMILES string of the molecule is COc1ccc2ccc(OC)c(Cc3c(OC)ccc4c(-c5cccc6c(Cc7c(OC)ccc8ccccc78)c(OC)ccc56)cc(OC)cc34)c2c1. The Morgan fingerprint density at radius 2 is 0.796 bits per heavy atom. The highest BCUT2D eigenvalue weighted by molar-refractivity contribution is 6.09. The molecule has 0 amide bonds. The summed E-state index contributed by atoms with van der Waals surface area (Å²) in [6.07, 6.45) is 1.19. The van der Waals surface area contributed by atoms with Crippen LogP contribution in [0.25, 0.3) is 54.2 Å². The van der Waals surface area contributed by atoms with Gasteiger partial charge in [-0.25, -0.2) is 0 Å². The lowest BCUT2D eigenvalue weighted by Gasteiger charge is -2.20. The van der Waals surface area contributed by atoms with E-state index in [1.54, 1.807) is 42.7 Å². The van der Waals surface area contributed by atoms with Crippen molar-refractivity contribution in [2.75, 3.05) is 42.7 Å². The van der Waals surface area contributed by atoms with Gasteiger partial charge in [0.2, 0.25) is 0 Å². The fourth-order valence-electron chi connectivity index (χ4n) is 8.06. The number of rotatable bonds is 11. The Hall–Kier alpha value is -6.40. The molecule has 0 N–H and O–H groups in total. The molecule has 0 bridgehead atoms. The van der Waals surface area contributed by atoms with Gasteiger partial charge in [-0.05, 0) is 103 Å². The molecule has 0 spiro atoms. The molecule has 0 aromatic heterocycles. The van der Waals surface area contributed by atoms with E-state index in [1.165, 1.54) is 5.39 Å². The quantitative estimate of drug-likeness (QED) is 0.133. The number of hydrogen-bond donors (Lipinski definition) is 0. The topological polar surface area (TPSA) is 55.4 Å². The van der Waals surface area contributed by atoms with Gasteiger partial charge in [0.05, 0.1) is 42.7 Å². The lowest BCUT2D eigenvalue weighted by Crippen LogP contribution is -2.01. The van der Waals surface area contributed by atoms with Gasteiger partial charge in [0.25, 0.3) is 0 Å². The van der Waals surface area contributed by atoms with E-state index in [2.05, 4.69) is 109 Å². The second-order valence-corrected chi connectivity index (χ2v) is 13.3. The number of benzene rings is 8. The highest BCUT2D eigenvalue weighted by atomic mass is 16.5. The largest absolute Gasteiger partial charge is 0.497 e. The number of fused-ring (bicyclic) bond motifs is 4. The lowest BCUT2D eigenvalue weighted by atomic mass is 9.87. The van der Waals surface area contributed by atoms with Gasteiger partial charge in [-0.1, -0.05) is 72.8 Å². The Labute approximate surface area is 315 Å². The molecule has 270 valence electrons. The molecule has 6 nitrogen and oxygen atoms in total. The predicted molar refractivity (Wildman–Crippen MR) is 220 cm³/mol. The van der Waals surface area contributed by atoms with Gasteiger partial charge >= 0.3 is 0 Å². The third kappa shape index (κ3) is 5.94. The first-order valence-corrected chi connectivity index (χ1v) is 17.9. The van der Waals surface area contributed by atoms with E-state index in [0.717, 1.165) is 106 Å². The summed E-state index contributed by atoms with van der Waals surface area (Å²) in [7, 11) is 10.3. The van der Waals surface area contributed by atoms with Crippen molar-refractivity contribution in [1.29, 1.82) is 0 Å². The summed E-state index contributed by atoms with van der Waals surface area (Å²) < 4.78 is 35.6. The molecule has 0 saturated heterocycles. The van der Waals surface area contributed by atoms with Gasteiger partial charge in [-0.3, -0.25) is 0 Å². The molecule has 0 unspecified atom stereocenters. The molecular weight excluding hydrogens is 673 g/mol. The Kier molecular flexibility index (Phi) is 9.34. The minimum Gasteiger partial charge on any atom is -0.497 e. The van der Waals surface area contributed by atoms with Crippen LogP contribution in [0.15, 0.2) is 121 Å². The van der Waals surface area contributed by atoms with E-state index >= 15 is 0 Å². The van der Waals surface area contributed by atoms with Crippen molar-refractivity contribution < 1.29 is 28.4 Å². The molecular formula is C48H42O6. The first-order chi connectivity index (χ1) is 26.5. The van der Waals surface area contributed by atoms with Crippen LogP contribution in [-0.2, 0) is 12.8 Å². The van der Waals surface area contributed by atoms with Crippen molar-refractivity contribution in [3.63, 3.8) is 0 Å². The van der Waals surface area contributed by atoms with Gasteiger partial charge in [0.1, 0.15) is 34.5 Å². The third-order valence-electron chi connectivity index (χ3n) is 10.7. The maximum absolute atomic E-state index is 6.06. The Balaban J connectivity index is 1.35. The molecule has 54 heavy (non-hydrogen) atoms. The summed E-state index contributed by atoms with van der Waals surface area (Å²) in [5.74, 6) is 4.82. The maximum Gasteiger partial charge on any atom is 0.123 e. The molecule has 0 aliphatic rings. The van der Waals surface area contributed by atoms with E-state index in [-0.39, 0.29) is 0 Å². The standard InChI is InChI=1S/C48H42O6/c1-49-31-17-14-30-16-21-46(52-4)43(38(30)24-31)28-44-40-26-32(50-2)25-39(37(40)19-23-48(44)54-6)34-12-9-13-35-36(34)18-22-47(53-5)42(35)27-41-33-11-8-7-10-29(33)15-20-45(41)51-3/h7-26H,27-28H2,1-6H3. The average Bonchev–Trinajstić information content (AvgIpc) is 3.23. The van der Waals surface area contributed by atoms with E-state index in [1.807, 2.05) is 12.1 Å². The molecule has 8 aromatic rings. The summed E-state index contributed by atoms with van der Waals surface area (Å²) in [6, 6.07) is 42.1. The van der Waals surface area contributed by atoms with Crippen molar-refractivity contribution in [2.45, 2.75) is 12.8 Å². The normalized spacial score (nSPS) is 11.3. The zero-order chi connectivity index (χ0) is 37.3. The minimum atomic E-state index is 0.560. The highest BCUT2D eigenvalue weighted by Gasteiger charge is 2.21. The molecule has 0 radical (unpaired) electrons. The van der Waals surface area contributed by atoms with Gasteiger partial charge < -0.3 is 28.4 Å². The molecule has 8 rings (SSSR count). The zero-order valence-electron chi connectivity index (χ0n) is 31.4. The smallest absolute Gasteiger partial charge is 0.123 e. The van der Waals surface area contributed by atoms with Crippen LogP contribution in [0.1, 0.15) is 22.3 Å². The van der Waals surface area contributed by atoms with Crippen molar-refractivity contribution in [3.8, 4) is 45.6 Å². The average molecular weight is 715 g/mol. The Morgan fingerprint density at radius 3 is 1.43 bits per heavy atom. The minimum absolute atomic E-state index is 0.560. The molecule has 8 aromatic carbocycles. The van der Waals surface area contributed by atoms with E-state index in [0.29, 0.717) is 12.8 Å². The maximum atomic E-state index is 6.06. The molecule has 6 heteroatoms. The van der Waals surface area contributed by atoms with Crippen LogP contribution in [0, 0.1) is 0 Å². The fourth-order valence-corrected chi connectivity index (χ4v) is 8.06. The monoisotopic (exact) mass is 714 g/mol. The van der Waals surface area contributed by atoms with E-state index in [4.69, 9.17) is 28.4 Å². The number of ether oxygens (including phenoxy) is 6. The van der Waals surface area contributed by atoms with Gasteiger partial charge in [-0.2, -0.15) is 0 Å². The van der Waals surface area contributed by atoms with Crippen molar-refractivity contribution in [1.82, 2.24) is 0 Å². The first kappa shape index (κ1) is 34.7. The number of hydrogen-bond acceptors (Lipinski definition) is 6. The van der Waals surface area contributed by atoms with Crippen LogP contribution in [0.2, 0.25) is 0 Å². The van der Waals surface area contributed by atoms with Gasteiger partial charge in [-0.15, -0.1) is 0 Å². The van der Waals surface area contributed by atoms with Crippen LogP contribution >= 0.6 is 0 Å². The first-order valence-electron chi connectivity index (χ1n) is 17.9. The third-order valence-corrected chi connectivity index (χ3v) is 10.7. The van der Waals surface area contributed by atoms with E-state index in [9.17, 15) is 0 Å². The lowest BCUT2D eigenvalue weighted by molar-refractivity contribution is 0.406. The van der Waals surface area contributed by atoms with Crippen LogP contribution in [0.5, 0.6) is 34.5 Å². The van der Waals surface area contributed by atoms with Gasteiger partial charge in [0, 0.05) is 35.1 Å². The molecule has 0 atom stereocenters. The fraction of sp³-hybridized carbons (Fsp3) is 0.167. The van der Waals surface area contributed by atoms with Crippen LogP contribution < -0.4 is 28.4 Å². The van der Waals surface area contributed by atoms with Crippen LogP contribution in [0.3, 0.4) is 0 Å². The molecule has 0 aliphatic carbocycles. The summed E-state index contributed by atoms with van der Waals surface area (Å²) in [4.78, 5) is 0. The Morgan fingerprint density at radius 1 is 0.315 bits per heavy atom. The predicted octanol–water partition coefficient (Wildman–Crippen LogP) is 11.2. The molecule has 0 saturated carbocycles. The second kappa shape index (κ2) is 14.6. The van der Waals surface area contributed by atoms with E-state index < -0.39 is 0 Å². The van der Waals surface area contributed by atoms with Crippen molar-refractivity contribution in [3.05, 3.63) is 144 Å². The zero-order valence-corrected chi connectivity index (χ0v) is 31.4. The summed E-state index contributed by atoms with van der Waals surface area (Å²) in [5, 5.41) is 8.85. The highest BCUT2D eigenvalue weighted by Crippen LogP contribution is 2.44. The molecule has 0 aliphatic heterocycles. The van der Waals surface area contributed by atoms with Crippen LogP contribution in [-0.4, -0.2) is 42.7 Å². The van der Waals surface area contributed by atoms with Crippen LogP contribution in [0.4, 0.5) is 0 Å². The summed E-state index contributed by atoms with van der Waals surface area (Å²) >= 11 is 0. The molecule has 0 heterocycles. The van der Waals surface area contributed by atoms with Crippen molar-refractivity contribution >= 4 is 43.1 Å². The van der Waals surface area contributed by atoms with Gasteiger partial charge in [0.15, 0.2) is 0 Å². The second-order valence-electron chi connectivity index (χ2n) is 13.3. The number of methoxy groups -OCH3 is 6.